The number of carbonyl (C=O) groups is 2. The number of ether oxygens (including phenoxy) is 2. The van der Waals surface area contributed by atoms with Crippen LogP contribution in [0.2, 0.25) is 5.02 Å². The topological polar surface area (TPSA) is 88.7 Å². The van der Waals surface area contributed by atoms with Crippen LogP contribution in [0.1, 0.15) is 29.8 Å². The van der Waals surface area contributed by atoms with Crippen molar-refractivity contribution in [1.82, 2.24) is 0 Å². The van der Waals surface area contributed by atoms with Crippen molar-refractivity contribution in [3.63, 3.8) is 0 Å². The third kappa shape index (κ3) is 6.63. The zero-order valence-electron chi connectivity index (χ0n) is 18.7. The first-order valence-corrected chi connectivity index (χ1v) is 10.9. The summed E-state index contributed by atoms with van der Waals surface area (Å²) in [5, 5.41) is 8.97. The minimum Gasteiger partial charge on any atom is -0.492 e. The predicted molar refractivity (Wildman–Crippen MR) is 132 cm³/mol. The Bertz CT molecular complexity index is 1130. The molecular weight excluding hydrogens is 442 g/mol. The lowest BCUT2D eigenvalue weighted by molar-refractivity contribution is 0.102. The van der Waals surface area contributed by atoms with Crippen LogP contribution in [-0.4, -0.2) is 25.2 Å². The average Bonchev–Trinajstić information content (AvgIpc) is 2.78. The van der Waals surface area contributed by atoms with E-state index in [0.29, 0.717) is 52.4 Å². The van der Waals surface area contributed by atoms with Crippen LogP contribution in [0.5, 0.6) is 11.5 Å². The summed E-state index contributed by atoms with van der Waals surface area (Å²) in [6.45, 7) is 6.33. The van der Waals surface area contributed by atoms with E-state index in [4.69, 9.17) is 21.1 Å². The highest BCUT2D eigenvalue weighted by molar-refractivity contribution is 6.30. The Kier molecular flexibility index (Phi) is 8.16. The molecule has 0 atom stereocenters. The van der Waals surface area contributed by atoms with E-state index >= 15 is 0 Å². The summed E-state index contributed by atoms with van der Waals surface area (Å²) in [6, 6.07) is 16.8. The molecular formula is C25H26ClN3O4. The zero-order chi connectivity index (χ0) is 23.8. The molecule has 3 aromatic rings. The number of benzene rings is 3. The highest BCUT2D eigenvalue weighted by atomic mass is 35.5. The van der Waals surface area contributed by atoms with Crippen LogP contribution in [0.4, 0.5) is 21.9 Å². The molecule has 0 aliphatic carbocycles. The molecule has 0 aliphatic rings. The smallest absolute Gasteiger partial charge is 0.323 e. The van der Waals surface area contributed by atoms with E-state index in [2.05, 4.69) is 16.0 Å². The van der Waals surface area contributed by atoms with Gasteiger partial charge in [0.1, 0.15) is 11.5 Å². The Balaban J connectivity index is 1.86. The van der Waals surface area contributed by atoms with Gasteiger partial charge in [-0.05, 0) is 57.2 Å². The number of halogens is 1. The molecule has 0 aromatic heterocycles. The van der Waals surface area contributed by atoms with Gasteiger partial charge >= 0.3 is 6.03 Å². The molecule has 0 saturated heterocycles. The van der Waals surface area contributed by atoms with Crippen LogP contribution in [0.15, 0.2) is 60.7 Å². The van der Waals surface area contributed by atoms with Gasteiger partial charge in [-0.2, -0.15) is 0 Å². The highest BCUT2D eigenvalue weighted by Gasteiger charge is 2.17. The standard InChI is InChI=1S/C25H26ClN3O4/c1-4-32-22-15-21(29-25(31)27-19-11-9-18(26)10-12-19)23(33-5-2)14-20(22)28-24(30)17-8-6-7-16(3)13-17/h6-15H,4-5H2,1-3H3,(H,28,30)(H2,27,29,31). The maximum Gasteiger partial charge on any atom is 0.323 e. The van der Waals surface area contributed by atoms with E-state index in [0.717, 1.165) is 5.56 Å². The fourth-order valence-corrected chi connectivity index (χ4v) is 3.23. The van der Waals surface area contributed by atoms with E-state index in [1.165, 1.54) is 0 Å². The van der Waals surface area contributed by atoms with Crippen LogP contribution in [0.3, 0.4) is 0 Å². The van der Waals surface area contributed by atoms with Crippen LogP contribution in [-0.2, 0) is 0 Å². The molecule has 33 heavy (non-hydrogen) atoms. The van der Waals surface area contributed by atoms with Crippen LogP contribution in [0, 0.1) is 6.92 Å². The number of amides is 3. The summed E-state index contributed by atoms with van der Waals surface area (Å²) in [7, 11) is 0. The highest BCUT2D eigenvalue weighted by Crippen LogP contribution is 2.37. The van der Waals surface area contributed by atoms with Gasteiger partial charge in [0.05, 0.1) is 24.6 Å². The first-order valence-electron chi connectivity index (χ1n) is 10.5. The normalized spacial score (nSPS) is 10.3. The second kappa shape index (κ2) is 11.2. The summed E-state index contributed by atoms with van der Waals surface area (Å²) < 4.78 is 11.4. The molecule has 3 amide bonds. The third-order valence-electron chi connectivity index (χ3n) is 4.56. The molecule has 0 radical (unpaired) electrons. The van der Waals surface area contributed by atoms with Crippen molar-refractivity contribution in [3.05, 3.63) is 76.8 Å². The summed E-state index contributed by atoms with van der Waals surface area (Å²) >= 11 is 5.89. The van der Waals surface area contributed by atoms with Gasteiger partial charge in [0, 0.05) is 28.4 Å². The molecule has 7 nitrogen and oxygen atoms in total. The predicted octanol–water partition coefficient (Wildman–Crippen LogP) is 6.34. The molecule has 3 rings (SSSR count). The first-order chi connectivity index (χ1) is 15.9. The van der Waals surface area contributed by atoms with Crippen LogP contribution < -0.4 is 25.4 Å². The molecule has 0 heterocycles. The fraction of sp³-hybridized carbons (Fsp3) is 0.200. The number of aryl methyl sites for hydroxylation is 1. The third-order valence-corrected chi connectivity index (χ3v) is 4.81. The van der Waals surface area contributed by atoms with Crippen LogP contribution >= 0.6 is 11.6 Å². The number of nitrogens with one attached hydrogen (secondary N) is 3. The van der Waals surface area contributed by atoms with Crippen molar-refractivity contribution in [2.75, 3.05) is 29.2 Å². The lowest BCUT2D eigenvalue weighted by atomic mass is 10.1. The lowest BCUT2D eigenvalue weighted by Crippen LogP contribution is -2.20. The molecule has 3 aromatic carbocycles. The summed E-state index contributed by atoms with van der Waals surface area (Å²) in [4.78, 5) is 25.3. The second-order valence-electron chi connectivity index (χ2n) is 7.12. The number of anilines is 3. The van der Waals surface area contributed by atoms with Crippen molar-refractivity contribution in [3.8, 4) is 11.5 Å². The molecule has 0 unspecified atom stereocenters. The fourth-order valence-electron chi connectivity index (χ4n) is 3.10. The molecule has 0 aliphatic heterocycles. The molecule has 0 saturated carbocycles. The summed E-state index contributed by atoms with van der Waals surface area (Å²) in [6.07, 6.45) is 0. The van der Waals surface area contributed by atoms with Gasteiger partial charge in [0.25, 0.3) is 5.91 Å². The van der Waals surface area contributed by atoms with E-state index in [-0.39, 0.29) is 5.91 Å². The van der Waals surface area contributed by atoms with Gasteiger partial charge in [0.2, 0.25) is 0 Å². The van der Waals surface area contributed by atoms with Gasteiger partial charge < -0.3 is 25.4 Å². The van der Waals surface area contributed by atoms with Crippen molar-refractivity contribution >= 4 is 40.6 Å². The number of carbonyl (C=O) groups excluding carboxylic acids is 2. The van der Waals surface area contributed by atoms with E-state index in [1.807, 2.05) is 32.9 Å². The quantitative estimate of drug-likeness (QED) is 0.360. The Morgan fingerprint density at radius 3 is 2.00 bits per heavy atom. The van der Waals surface area contributed by atoms with E-state index in [9.17, 15) is 9.59 Å². The molecule has 0 fully saturated rings. The monoisotopic (exact) mass is 467 g/mol. The second-order valence-corrected chi connectivity index (χ2v) is 7.56. The van der Waals surface area contributed by atoms with Crippen molar-refractivity contribution < 1.29 is 19.1 Å². The number of urea groups is 1. The Labute approximate surface area is 198 Å². The minimum absolute atomic E-state index is 0.275. The molecule has 8 heteroatoms. The maximum atomic E-state index is 12.8. The van der Waals surface area contributed by atoms with Crippen molar-refractivity contribution in [1.29, 1.82) is 0 Å². The Morgan fingerprint density at radius 2 is 1.42 bits per heavy atom. The van der Waals surface area contributed by atoms with Crippen LogP contribution in [0.25, 0.3) is 0 Å². The van der Waals surface area contributed by atoms with E-state index in [1.54, 1.807) is 48.5 Å². The lowest BCUT2D eigenvalue weighted by Gasteiger charge is -2.18. The SMILES string of the molecule is CCOc1cc(NC(=O)c2cccc(C)c2)c(OCC)cc1NC(=O)Nc1ccc(Cl)cc1. The van der Waals surface area contributed by atoms with E-state index < -0.39 is 6.03 Å². The number of hydrogen-bond donors (Lipinski definition) is 3. The molecule has 0 bridgehead atoms. The largest absolute Gasteiger partial charge is 0.492 e. The zero-order valence-corrected chi connectivity index (χ0v) is 19.5. The molecule has 3 N–H and O–H groups in total. The molecule has 0 spiro atoms. The van der Waals surface area contributed by atoms with Gasteiger partial charge in [-0.3, -0.25) is 4.79 Å². The summed E-state index contributed by atoms with van der Waals surface area (Å²) in [5.41, 5.74) is 2.94. The van der Waals surface area contributed by atoms with Gasteiger partial charge in [-0.25, -0.2) is 4.79 Å². The number of hydrogen-bond acceptors (Lipinski definition) is 4. The van der Waals surface area contributed by atoms with Gasteiger partial charge in [0.15, 0.2) is 0 Å². The van der Waals surface area contributed by atoms with Gasteiger partial charge in [-0.15, -0.1) is 0 Å². The first kappa shape index (κ1) is 23.9. The van der Waals surface area contributed by atoms with Crippen molar-refractivity contribution in [2.24, 2.45) is 0 Å². The number of rotatable bonds is 8. The minimum atomic E-state index is -0.461. The van der Waals surface area contributed by atoms with Crippen molar-refractivity contribution in [2.45, 2.75) is 20.8 Å². The Hall–Kier alpha value is -3.71. The maximum absolute atomic E-state index is 12.8. The summed E-state index contributed by atoms with van der Waals surface area (Å²) in [5.74, 6) is 0.527. The Morgan fingerprint density at radius 1 is 0.818 bits per heavy atom. The molecule has 172 valence electrons. The van der Waals surface area contributed by atoms with Gasteiger partial charge in [-0.1, -0.05) is 29.3 Å². The average molecular weight is 468 g/mol.